The molecule has 0 saturated carbocycles. The van der Waals surface area contributed by atoms with Crippen LogP contribution in [0.4, 0.5) is 0 Å². The molecule has 2 rings (SSSR count). The highest BCUT2D eigenvalue weighted by Crippen LogP contribution is 2.26. The second-order valence-electron chi connectivity index (χ2n) is 5.25. The van der Waals surface area contributed by atoms with E-state index >= 15 is 0 Å². The summed E-state index contributed by atoms with van der Waals surface area (Å²) in [5.74, 6) is 0.664. The summed E-state index contributed by atoms with van der Waals surface area (Å²) in [7, 11) is -1.86. The zero-order chi connectivity index (χ0) is 15.3. The molecule has 0 amide bonds. The molecular weight excluding hydrogens is 288 g/mol. The van der Waals surface area contributed by atoms with Crippen LogP contribution >= 0.6 is 0 Å². The molecule has 0 spiro atoms. The molecule has 1 heterocycles. The Bertz CT molecular complexity index is 543. The van der Waals surface area contributed by atoms with Crippen LogP contribution in [-0.4, -0.2) is 45.5 Å². The van der Waals surface area contributed by atoms with E-state index in [0.29, 0.717) is 23.7 Å². The van der Waals surface area contributed by atoms with Gasteiger partial charge in [-0.25, -0.2) is 8.42 Å². The molecule has 1 aromatic carbocycles. The summed E-state index contributed by atoms with van der Waals surface area (Å²) in [6.07, 6.45) is 2.94. The largest absolute Gasteiger partial charge is 0.497 e. The van der Waals surface area contributed by atoms with Crippen LogP contribution in [0.3, 0.4) is 0 Å². The SMILES string of the molecule is CCNCC1CCCCN1S(=O)(=O)c1ccc(OC)cc1. The van der Waals surface area contributed by atoms with Crippen LogP contribution < -0.4 is 10.1 Å². The van der Waals surface area contributed by atoms with Gasteiger partial charge in [-0.2, -0.15) is 4.31 Å². The molecule has 0 bridgehead atoms. The van der Waals surface area contributed by atoms with E-state index < -0.39 is 10.0 Å². The first kappa shape index (κ1) is 16.3. The molecule has 1 saturated heterocycles. The smallest absolute Gasteiger partial charge is 0.243 e. The van der Waals surface area contributed by atoms with Crippen molar-refractivity contribution in [1.82, 2.24) is 9.62 Å². The number of hydrogen-bond donors (Lipinski definition) is 1. The number of sulfonamides is 1. The van der Waals surface area contributed by atoms with Crippen molar-refractivity contribution in [2.24, 2.45) is 0 Å². The second kappa shape index (κ2) is 7.24. The highest BCUT2D eigenvalue weighted by molar-refractivity contribution is 7.89. The van der Waals surface area contributed by atoms with Gasteiger partial charge in [0.05, 0.1) is 12.0 Å². The van der Waals surface area contributed by atoms with Crippen LogP contribution in [0.25, 0.3) is 0 Å². The summed E-state index contributed by atoms with van der Waals surface area (Å²) in [5, 5.41) is 3.26. The van der Waals surface area contributed by atoms with Crippen molar-refractivity contribution in [2.45, 2.75) is 37.1 Å². The quantitative estimate of drug-likeness (QED) is 0.871. The van der Waals surface area contributed by atoms with Crippen molar-refractivity contribution in [3.05, 3.63) is 24.3 Å². The molecule has 6 heteroatoms. The van der Waals surface area contributed by atoms with E-state index in [1.807, 2.05) is 6.92 Å². The van der Waals surface area contributed by atoms with Gasteiger partial charge in [0.1, 0.15) is 5.75 Å². The molecule has 1 fully saturated rings. The molecule has 1 unspecified atom stereocenters. The third-order valence-corrected chi connectivity index (χ3v) is 5.84. The number of nitrogens with one attached hydrogen (secondary N) is 1. The Balaban J connectivity index is 2.22. The molecule has 0 aliphatic carbocycles. The van der Waals surface area contributed by atoms with Gasteiger partial charge in [0.15, 0.2) is 0 Å². The lowest BCUT2D eigenvalue weighted by molar-refractivity contribution is 0.246. The van der Waals surface area contributed by atoms with Gasteiger partial charge in [0.25, 0.3) is 0 Å². The normalized spacial score (nSPS) is 20.4. The average Bonchev–Trinajstić information content (AvgIpc) is 2.53. The van der Waals surface area contributed by atoms with E-state index in [0.717, 1.165) is 25.8 Å². The number of hydrogen-bond acceptors (Lipinski definition) is 4. The Hall–Kier alpha value is -1.11. The lowest BCUT2D eigenvalue weighted by Gasteiger charge is -2.34. The molecule has 118 valence electrons. The van der Waals surface area contributed by atoms with Crippen LogP contribution in [0.5, 0.6) is 5.75 Å². The molecule has 1 aliphatic rings. The zero-order valence-electron chi connectivity index (χ0n) is 12.7. The van der Waals surface area contributed by atoms with Gasteiger partial charge in [-0.3, -0.25) is 0 Å². The fourth-order valence-corrected chi connectivity index (χ4v) is 4.38. The molecule has 0 aromatic heterocycles. The first-order valence-electron chi connectivity index (χ1n) is 7.46. The average molecular weight is 312 g/mol. The first-order chi connectivity index (χ1) is 10.1. The molecule has 1 aliphatic heterocycles. The molecule has 1 atom stereocenters. The van der Waals surface area contributed by atoms with E-state index in [1.54, 1.807) is 35.7 Å². The monoisotopic (exact) mass is 312 g/mol. The Morgan fingerprint density at radius 1 is 1.29 bits per heavy atom. The van der Waals surface area contributed by atoms with Gasteiger partial charge in [-0.05, 0) is 43.7 Å². The van der Waals surface area contributed by atoms with Gasteiger partial charge in [-0.15, -0.1) is 0 Å². The topological polar surface area (TPSA) is 58.6 Å². The first-order valence-corrected chi connectivity index (χ1v) is 8.90. The predicted octanol–water partition coefficient (Wildman–Crippen LogP) is 1.85. The maximum absolute atomic E-state index is 12.8. The summed E-state index contributed by atoms with van der Waals surface area (Å²) in [4.78, 5) is 0.340. The minimum absolute atomic E-state index is 0.0470. The van der Waals surface area contributed by atoms with Gasteiger partial charge in [-0.1, -0.05) is 13.3 Å². The standard InChI is InChI=1S/C15H24N2O3S/c1-3-16-12-13-6-4-5-11-17(13)21(18,19)15-9-7-14(20-2)8-10-15/h7-10,13,16H,3-6,11-12H2,1-2H3. The lowest BCUT2D eigenvalue weighted by atomic mass is 10.1. The van der Waals surface area contributed by atoms with Crippen LogP contribution in [0, 0.1) is 0 Å². The maximum Gasteiger partial charge on any atom is 0.243 e. The van der Waals surface area contributed by atoms with Gasteiger partial charge in [0, 0.05) is 19.1 Å². The van der Waals surface area contributed by atoms with Gasteiger partial charge < -0.3 is 10.1 Å². The van der Waals surface area contributed by atoms with Crippen molar-refractivity contribution in [1.29, 1.82) is 0 Å². The van der Waals surface area contributed by atoms with E-state index in [2.05, 4.69) is 5.32 Å². The third kappa shape index (κ3) is 3.75. The third-order valence-electron chi connectivity index (χ3n) is 3.87. The van der Waals surface area contributed by atoms with Crippen molar-refractivity contribution in [3.8, 4) is 5.75 Å². The zero-order valence-corrected chi connectivity index (χ0v) is 13.5. The number of likely N-dealkylation sites (N-methyl/N-ethyl adjacent to an activating group) is 1. The molecular formula is C15H24N2O3S. The number of piperidine rings is 1. The highest BCUT2D eigenvalue weighted by Gasteiger charge is 2.33. The van der Waals surface area contributed by atoms with E-state index in [4.69, 9.17) is 4.74 Å². The van der Waals surface area contributed by atoms with Crippen LogP contribution in [0.1, 0.15) is 26.2 Å². The van der Waals surface area contributed by atoms with Gasteiger partial charge >= 0.3 is 0 Å². The number of ether oxygens (including phenoxy) is 1. The molecule has 21 heavy (non-hydrogen) atoms. The summed E-state index contributed by atoms with van der Waals surface area (Å²) in [5.41, 5.74) is 0. The summed E-state index contributed by atoms with van der Waals surface area (Å²) in [6, 6.07) is 6.66. The summed E-state index contributed by atoms with van der Waals surface area (Å²) in [6.45, 7) is 4.20. The van der Waals surface area contributed by atoms with Crippen molar-refractivity contribution >= 4 is 10.0 Å². The summed E-state index contributed by atoms with van der Waals surface area (Å²) < 4.78 is 32.4. The molecule has 0 radical (unpaired) electrons. The Morgan fingerprint density at radius 3 is 2.62 bits per heavy atom. The fraction of sp³-hybridized carbons (Fsp3) is 0.600. The van der Waals surface area contributed by atoms with Crippen molar-refractivity contribution in [3.63, 3.8) is 0 Å². The van der Waals surface area contributed by atoms with Crippen LogP contribution in [0.15, 0.2) is 29.2 Å². The highest BCUT2D eigenvalue weighted by atomic mass is 32.2. The minimum atomic E-state index is -3.43. The van der Waals surface area contributed by atoms with Crippen LogP contribution in [0.2, 0.25) is 0 Å². The van der Waals surface area contributed by atoms with E-state index in [-0.39, 0.29) is 6.04 Å². The molecule has 5 nitrogen and oxygen atoms in total. The fourth-order valence-electron chi connectivity index (χ4n) is 2.69. The number of methoxy groups -OCH3 is 1. The number of nitrogens with zero attached hydrogens (tertiary/aromatic N) is 1. The predicted molar refractivity (Wildman–Crippen MR) is 83.1 cm³/mol. The Kier molecular flexibility index (Phi) is 5.61. The molecule has 1 N–H and O–H groups in total. The maximum atomic E-state index is 12.8. The van der Waals surface area contributed by atoms with Crippen LogP contribution in [-0.2, 0) is 10.0 Å². The Labute approximate surface area is 127 Å². The van der Waals surface area contributed by atoms with E-state index in [9.17, 15) is 8.42 Å². The van der Waals surface area contributed by atoms with Gasteiger partial charge in [0.2, 0.25) is 10.0 Å². The Morgan fingerprint density at radius 2 is 2.00 bits per heavy atom. The van der Waals surface area contributed by atoms with E-state index in [1.165, 1.54) is 0 Å². The summed E-state index contributed by atoms with van der Waals surface area (Å²) >= 11 is 0. The second-order valence-corrected chi connectivity index (χ2v) is 7.14. The number of rotatable bonds is 6. The minimum Gasteiger partial charge on any atom is -0.497 e. The lowest BCUT2D eigenvalue weighted by Crippen LogP contribution is -2.48. The number of benzene rings is 1. The van der Waals surface area contributed by atoms with Crippen molar-refractivity contribution < 1.29 is 13.2 Å². The van der Waals surface area contributed by atoms with Crippen molar-refractivity contribution in [2.75, 3.05) is 26.7 Å². The molecule has 1 aromatic rings.